The van der Waals surface area contributed by atoms with Crippen molar-refractivity contribution in [2.75, 3.05) is 7.11 Å². The Morgan fingerprint density at radius 1 is 1.36 bits per heavy atom. The number of hydrogen-bond donors (Lipinski definition) is 0. The summed E-state index contributed by atoms with van der Waals surface area (Å²) in [5.74, 6) is 1.02. The number of imidazole rings is 1. The predicted molar refractivity (Wildman–Crippen MR) is 53.6 cm³/mol. The molecular weight excluding hydrogens is 178 g/mol. The van der Waals surface area contributed by atoms with E-state index in [-0.39, 0.29) is 0 Å². The number of ether oxygens (including phenoxy) is 1. The third-order valence-corrected chi connectivity index (χ3v) is 2.11. The normalized spacial score (nSPS) is 11.1. The van der Waals surface area contributed by atoms with Crippen molar-refractivity contribution in [3.63, 3.8) is 0 Å². The largest absolute Gasteiger partial charge is 0.480 e. The quantitative estimate of drug-likeness (QED) is 0.727. The summed E-state index contributed by atoms with van der Waals surface area (Å²) in [6.07, 6.45) is 1.93. The molecule has 0 amide bonds. The summed E-state index contributed by atoms with van der Waals surface area (Å²) in [6, 6.07) is 3.71. The number of aromatic nitrogens is 3. The molecule has 2 aromatic rings. The van der Waals surface area contributed by atoms with E-state index in [1.807, 2.05) is 18.3 Å². The lowest BCUT2D eigenvalue weighted by Crippen LogP contribution is -1.93. The predicted octanol–water partition coefficient (Wildman–Crippen LogP) is 1.86. The molecule has 0 aromatic carbocycles. The Morgan fingerprint density at radius 2 is 2.14 bits per heavy atom. The summed E-state index contributed by atoms with van der Waals surface area (Å²) in [5.41, 5.74) is 1.90. The number of hydrogen-bond acceptors (Lipinski definition) is 3. The van der Waals surface area contributed by atoms with Gasteiger partial charge in [-0.3, -0.25) is 0 Å². The van der Waals surface area contributed by atoms with Gasteiger partial charge in [0.15, 0.2) is 5.65 Å². The van der Waals surface area contributed by atoms with Crippen LogP contribution in [0.3, 0.4) is 0 Å². The van der Waals surface area contributed by atoms with Crippen molar-refractivity contribution >= 4 is 5.65 Å². The second kappa shape index (κ2) is 3.29. The first-order valence-electron chi connectivity index (χ1n) is 4.61. The smallest absolute Gasteiger partial charge is 0.231 e. The fourth-order valence-electron chi connectivity index (χ4n) is 1.27. The lowest BCUT2D eigenvalue weighted by molar-refractivity contribution is 0.390. The van der Waals surface area contributed by atoms with Crippen LogP contribution in [-0.2, 0) is 0 Å². The highest BCUT2D eigenvalue weighted by Crippen LogP contribution is 2.15. The van der Waals surface area contributed by atoms with Crippen LogP contribution < -0.4 is 4.74 Å². The summed E-state index contributed by atoms with van der Waals surface area (Å²) in [6.45, 7) is 4.22. The van der Waals surface area contributed by atoms with E-state index in [4.69, 9.17) is 4.74 Å². The fraction of sp³-hybridized carbons (Fsp3) is 0.400. The Morgan fingerprint density at radius 3 is 2.79 bits per heavy atom. The Balaban J connectivity index is 2.54. The molecule has 0 saturated carbocycles. The molecule has 0 aliphatic heterocycles. The number of fused-ring (bicyclic) bond motifs is 1. The van der Waals surface area contributed by atoms with Gasteiger partial charge in [-0.15, -0.1) is 5.10 Å². The lowest BCUT2D eigenvalue weighted by atomic mass is 10.2. The number of methoxy groups -OCH3 is 1. The molecule has 0 aliphatic rings. The van der Waals surface area contributed by atoms with E-state index in [0.29, 0.717) is 11.8 Å². The summed E-state index contributed by atoms with van der Waals surface area (Å²) in [5, 5.41) is 4.23. The maximum atomic E-state index is 5.03. The maximum Gasteiger partial charge on any atom is 0.231 e. The molecule has 0 fully saturated rings. The van der Waals surface area contributed by atoms with Crippen molar-refractivity contribution in [1.29, 1.82) is 0 Å². The number of nitrogens with zero attached hydrogens (tertiary/aromatic N) is 3. The van der Waals surface area contributed by atoms with Crippen LogP contribution >= 0.6 is 0 Å². The van der Waals surface area contributed by atoms with Gasteiger partial charge in [0.2, 0.25) is 5.88 Å². The van der Waals surface area contributed by atoms with Gasteiger partial charge < -0.3 is 4.74 Å². The molecule has 0 atom stereocenters. The van der Waals surface area contributed by atoms with Gasteiger partial charge in [0.05, 0.1) is 19.0 Å². The van der Waals surface area contributed by atoms with Crippen LogP contribution in [0.1, 0.15) is 25.5 Å². The molecule has 14 heavy (non-hydrogen) atoms. The second-order valence-electron chi connectivity index (χ2n) is 3.50. The van der Waals surface area contributed by atoms with Gasteiger partial charge in [-0.2, -0.15) is 0 Å². The highest BCUT2D eigenvalue weighted by atomic mass is 16.5. The zero-order chi connectivity index (χ0) is 10.1. The first-order chi connectivity index (χ1) is 6.70. The zero-order valence-electron chi connectivity index (χ0n) is 8.56. The summed E-state index contributed by atoms with van der Waals surface area (Å²) < 4.78 is 6.78. The van der Waals surface area contributed by atoms with Crippen LogP contribution in [0.5, 0.6) is 5.88 Å². The van der Waals surface area contributed by atoms with Gasteiger partial charge >= 0.3 is 0 Å². The summed E-state index contributed by atoms with van der Waals surface area (Å²) in [4.78, 5) is 4.43. The van der Waals surface area contributed by atoms with Gasteiger partial charge in [-0.1, -0.05) is 13.8 Å². The standard InChI is InChI=1S/C10H13N3O/c1-7(2)8-6-13-9(11-8)4-5-10(12-13)14-3/h4-7H,1-3H3. The van der Waals surface area contributed by atoms with Crippen molar-refractivity contribution < 1.29 is 4.74 Å². The van der Waals surface area contributed by atoms with E-state index in [9.17, 15) is 0 Å². The highest BCUT2D eigenvalue weighted by Gasteiger charge is 2.06. The molecule has 0 unspecified atom stereocenters. The minimum Gasteiger partial charge on any atom is -0.480 e. The molecule has 2 rings (SSSR count). The molecule has 0 aliphatic carbocycles. The Labute approximate surface area is 82.5 Å². The lowest BCUT2D eigenvalue weighted by Gasteiger charge is -1.97. The van der Waals surface area contributed by atoms with E-state index in [1.54, 1.807) is 11.6 Å². The third kappa shape index (κ3) is 1.43. The summed E-state index contributed by atoms with van der Waals surface area (Å²) in [7, 11) is 1.61. The van der Waals surface area contributed by atoms with Crippen LogP contribution in [0, 0.1) is 0 Å². The van der Waals surface area contributed by atoms with Crippen molar-refractivity contribution in [3.8, 4) is 5.88 Å². The minimum absolute atomic E-state index is 0.419. The zero-order valence-corrected chi connectivity index (χ0v) is 8.56. The van der Waals surface area contributed by atoms with Gasteiger partial charge in [0, 0.05) is 6.07 Å². The molecular formula is C10H13N3O. The van der Waals surface area contributed by atoms with Crippen LogP contribution in [0.15, 0.2) is 18.3 Å². The molecule has 0 saturated heterocycles. The highest BCUT2D eigenvalue weighted by molar-refractivity contribution is 5.40. The monoisotopic (exact) mass is 191 g/mol. The fourth-order valence-corrected chi connectivity index (χ4v) is 1.27. The van der Waals surface area contributed by atoms with E-state index in [1.165, 1.54) is 0 Å². The van der Waals surface area contributed by atoms with E-state index < -0.39 is 0 Å². The first-order valence-corrected chi connectivity index (χ1v) is 4.61. The van der Waals surface area contributed by atoms with Gasteiger partial charge in [-0.05, 0) is 12.0 Å². The van der Waals surface area contributed by atoms with Crippen molar-refractivity contribution in [3.05, 3.63) is 24.0 Å². The first kappa shape index (κ1) is 8.99. The molecule has 2 heterocycles. The summed E-state index contributed by atoms with van der Waals surface area (Å²) >= 11 is 0. The maximum absolute atomic E-state index is 5.03. The molecule has 4 nitrogen and oxygen atoms in total. The van der Waals surface area contributed by atoms with Gasteiger partial charge in [0.1, 0.15) is 0 Å². The Hall–Kier alpha value is -1.58. The third-order valence-electron chi connectivity index (χ3n) is 2.11. The molecule has 0 N–H and O–H groups in total. The van der Waals surface area contributed by atoms with Gasteiger partial charge in [-0.25, -0.2) is 9.50 Å². The van der Waals surface area contributed by atoms with E-state index in [0.717, 1.165) is 11.3 Å². The SMILES string of the molecule is COc1ccc2nc(C(C)C)cn2n1. The Kier molecular flexibility index (Phi) is 2.11. The molecule has 74 valence electrons. The van der Waals surface area contributed by atoms with Crippen LogP contribution in [0.4, 0.5) is 0 Å². The Bertz CT molecular complexity index is 448. The van der Waals surface area contributed by atoms with Gasteiger partial charge in [0.25, 0.3) is 0 Å². The van der Waals surface area contributed by atoms with Crippen molar-refractivity contribution in [2.24, 2.45) is 0 Å². The molecule has 2 aromatic heterocycles. The average molecular weight is 191 g/mol. The van der Waals surface area contributed by atoms with Crippen molar-refractivity contribution in [1.82, 2.24) is 14.6 Å². The molecule has 0 radical (unpaired) electrons. The van der Waals surface area contributed by atoms with Crippen LogP contribution in [0.2, 0.25) is 0 Å². The number of rotatable bonds is 2. The van der Waals surface area contributed by atoms with Crippen LogP contribution in [0.25, 0.3) is 5.65 Å². The van der Waals surface area contributed by atoms with E-state index >= 15 is 0 Å². The van der Waals surface area contributed by atoms with Crippen molar-refractivity contribution in [2.45, 2.75) is 19.8 Å². The molecule has 0 spiro atoms. The topological polar surface area (TPSA) is 39.4 Å². The minimum atomic E-state index is 0.419. The second-order valence-corrected chi connectivity index (χ2v) is 3.50. The molecule has 0 bridgehead atoms. The van der Waals surface area contributed by atoms with E-state index in [2.05, 4.69) is 23.9 Å². The van der Waals surface area contributed by atoms with Crippen LogP contribution in [-0.4, -0.2) is 21.7 Å². The molecule has 4 heteroatoms. The average Bonchev–Trinajstić information content (AvgIpc) is 2.59.